The fourth-order valence-corrected chi connectivity index (χ4v) is 3.70. The van der Waals surface area contributed by atoms with Gasteiger partial charge in [0.05, 0.1) is 5.02 Å². The van der Waals surface area contributed by atoms with Crippen LogP contribution in [-0.2, 0) is 14.8 Å². The number of halogens is 1. The molecule has 19 heavy (non-hydrogen) atoms. The number of hydrogen-bond acceptors (Lipinski definition) is 4. The van der Waals surface area contributed by atoms with E-state index < -0.39 is 16.1 Å². The average molecular weight is 304 g/mol. The van der Waals surface area contributed by atoms with E-state index >= 15 is 0 Å². The van der Waals surface area contributed by atoms with Crippen LogP contribution in [0.4, 0.5) is 5.69 Å². The number of carbonyl (C=O) groups is 1. The van der Waals surface area contributed by atoms with Crippen molar-refractivity contribution in [1.82, 2.24) is 10.0 Å². The predicted octanol–water partition coefficient (Wildman–Crippen LogP) is 0.397. The second-order valence-electron chi connectivity index (χ2n) is 4.47. The zero-order valence-electron chi connectivity index (χ0n) is 10.2. The van der Waals surface area contributed by atoms with Gasteiger partial charge in [-0.3, -0.25) is 4.79 Å². The fourth-order valence-electron chi connectivity index (χ4n) is 1.85. The molecule has 1 amide bonds. The van der Waals surface area contributed by atoms with Crippen LogP contribution in [0.5, 0.6) is 0 Å². The summed E-state index contributed by atoms with van der Waals surface area (Å²) in [7, 11) is -3.79. The molecule has 1 aliphatic heterocycles. The van der Waals surface area contributed by atoms with Gasteiger partial charge in [0.25, 0.3) is 0 Å². The summed E-state index contributed by atoms with van der Waals surface area (Å²) in [5.74, 6) is -0.179. The third kappa shape index (κ3) is 2.99. The Morgan fingerprint density at radius 3 is 2.74 bits per heavy atom. The van der Waals surface area contributed by atoms with E-state index in [1.807, 2.05) is 0 Å². The lowest BCUT2D eigenvalue weighted by molar-refractivity contribution is -0.119. The number of benzene rings is 1. The smallest absolute Gasteiger partial charge is 0.242 e. The van der Waals surface area contributed by atoms with Crippen LogP contribution in [0.2, 0.25) is 5.02 Å². The van der Waals surface area contributed by atoms with Crippen LogP contribution < -0.4 is 15.8 Å². The van der Waals surface area contributed by atoms with E-state index in [1.165, 1.54) is 12.1 Å². The molecule has 1 aromatic rings. The summed E-state index contributed by atoms with van der Waals surface area (Å²) in [5.41, 5.74) is 6.76. The highest BCUT2D eigenvalue weighted by molar-refractivity contribution is 7.89. The van der Waals surface area contributed by atoms with Crippen molar-refractivity contribution in [3.8, 4) is 0 Å². The number of amides is 1. The fraction of sp³-hybridized carbons (Fsp3) is 0.364. The van der Waals surface area contributed by atoms with Gasteiger partial charge in [0.15, 0.2) is 0 Å². The van der Waals surface area contributed by atoms with E-state index in [9.17, 15) is 13.2 Å². The predicted molar refractivity (Wildman–Crippen MR) is 72.3 cm³/mol. The molecule has 1 fully saturated rings. The number of nitrogens with two attached hydrogens (primary N) is 1. The minimum Gasteiger partial charge on any atom is -0.398 e. The normalized spacial score (nSPS) is 19.5. The van der Waals surface area contributed by atoms with E-state index in [0.29, 0.717) is 11.3 Å². The zero-order chi connectivity index (χ0) is 14.2. The molecule has 0 saturated carbocycles. The lowest BCUT2D eigenvalue weighted by Crippen LogP contribution is -2.36. The lowest BCUT2D eigenvalue weighted by atomic mass is 10.2. The van der Waals surface area contributed by atoms with Crippen LogP contribution in [0.25, 0.3) is 0 Å². The van der Waals surface area contributed by atoms with E-state index in [0.717, 1.165) is 0 Å². The topological polar surface area (TPSA) is 101 Å². The highest BCUT2D eigenvalue weighted by Gasteiger charge is 2.28. The van der Waals surface area contributed by atoms with Gasteiger partial charge in [-0.05, 0) is 24.6 Å². The van der Waals surface area contributed by atoms with Crippen LogP contribution in [0.3, 0.4) is 0 Å². The summed E-state index contributed by atoms with van der Waals surface area (Å²) in [6.45, 7) is 2.02. The standard InChI is InChI=1S/C11H14ClN3O3S/c1-6-2-8(12)10(4-9(6)13)19(17,18)15-7-3-11(16)14-5-7/h2,4,7,15H,3,5,13H2,1H3,(H,14,16). The van der Waals surface area contributed by atoms with Gasteiger partial charge in [-0.1, -0.05) is 11.6 Å². The van der Waals surface area contributed by atoms with Crippen LogP contribution in [0.15, 0.2) is 17.0 Å². The first-order chi connectivity index (χ1) is 8.79. The summed E-state index contributed by atoms with van der Waals surface area (Å²) in [4.78, 5) is 11.0. The number of hydrogen-bond donors (Lipinski definition) is 3. The van der Waals surface area contributed by atoms with Crippen LogP contribution in [0.1, 0.15) is 12.0 Å². The number of sulfonamides is 1. The summed E-state index contributed by atoms with van der Waals surface area (Å²) in [6.07, 6.45) is 0.123. The monoisotopic (exact) mass is 303 g/mol. The Kier molecular flexibility index (Phi) is 3.71. The van der Waals surface area contributed by atoms with Gasteiger partial charge in [-0.25, -0.2) is 13.1 Å². The van der Waals surface area contributed by atoms with Crippen LogP contribution in [0, 0.1) is 6.92 Å². The number of aryl methyl sites for hydroxylation is 1. The first-order valence-corrected chi connectivity index (χ1v) is 7.50. The Morgan fingerprint density at radius 1 is 1.47 bits per heavy atom. The molecule has 1 aliphatic rings. The molecule has 0 radical (unpaired) electrons. The van der Waals surface area contributed by atoms with Crippen molar-refractivity contribution in [2.45, 2.75) is 24.3 Å². The molecule has 6 nitrogen and oxygen atoms in total. The van der Waals surface area contributed by atoms with Gasteiger partial charge in [0, 0.05) is 24.7 Å². The Balaban J connectivity index is 2.29. The number of carbonyl (C=O) groups excluding carboxylic acids is 1. The zero-order valence-corrected chi connectivity index (χ0v) is 11.8. The molecule has 0 spiro atoms. The summed E-state index contributed by atoms with van der Waals surface area (Å²) >= 11 is 5.94. The largest absolute Gasteiger partial charge is 0.398 e. The van der Waals surface area contributed by atoms with Gasteiger partial charge in [0.2, 0.25) is 15.9 Å². The Hall–Kier alpha value is -1.31. The summed E-state index contributed by atoms with van der Waals surface area (Å²) < 4.78 is 26.8. The highest BCUT2D eigenvalue weighted by atomic mass is 35.5. The van der Waals surface area contributed by atoms with Crippen molar-refractivity contribution in [3.05, 3.63) is 22.7 Å². The van der Waals surface area contributed by atoms with Gasteiger partial charge in [-0.2, -0.15) is 0 Å². The molecule has 1 heterocycles. The lowest BCUT2D eigenvalue weighted by Gasteiger charge is -2.13. The van der Waals surface area contributed by atoms with Crippen molar-refractivity contribution in [1.29, 1.82) is 0 Å². The molecule has 1 unspecified atom stereocenters. The maximum absolute atomic E-state index is 12.2. The average Bonchev–Trinajstić information content (AvgIpc) is 2.68. The second kappa shape index (κ2) is 4.99. The number of nitrogens with one attached hydrogen (secondary N) is 2. The summed E-state index contributed by atoms with van der Waals surface area (Å²) in [6, 6.07) is 2.37. The van der Waals surface area contributed by atoms with Crippen LogP contribution >= 0.6 is 11.6 Å². The van der Waals surface area contributed by atoms with Crippen LogP contribution in [-0.4, -0.2) is 26.9 Å². The molecule has 1 atom stereocenters. The molecule has 2 rings (SSSR count). The van der Waals surface area contributed by atoms with Gasteiger partial charge < -0.3 is 11.1 Å². The molecule has 0 bridgehead atoms. The van der Waals surface area contributed by atoms with E-state index in [-0.39, 0.29) is 28.8 Å². The minimum atomic E-state index is -3.79. The molecule has 4 N–H and O–H groups in total. The van der Waals surface area contributed by atoms with Gasteiger partial charge in [-0.15, -0.1) is 0 Å². The van der Waals surface area contributed by atoms with Crippen molar-refractivity contribution < 1.29 is 13.2 Å². The number of rotatable bonds is 3. The Bertz CT molecular complexity index is 630. The summed E-state index contributed by atoms with van der Waals surface area (Å²) in [5, 5.41) is 2.66. The maximum atomic E-state index is 12.2. The van der Waals surface area contributed by atoms with Gasteiger partial charge in [0.1, 0.15) is 4.90 Å². The number of nitrogen functional groups attached to an aromatic ring is 1. The molecule has 0 aromatic heterocycles. The number of anilines is 1. The second-order valence-corrected chi connectivity index (χ2v) is 6.56. The quantitative estimate of drug-likeness (QED) is 0.703. The van der Waals surface area contributed by atoms with Crippen molar-refractivity contribution in [2.24, 2.45) is 0 Å². The van der Waals surface area contributed by atoms with E-state index in [2.05, 4.69) is 10.0 Å². The molecule has 1 aromatic carbocycles. The molecular weight excluding hydrogens is 290 g/mol. The first kappa shape index (κ1) is 14.1. The molecule has 8 heteroatoms. The molecule has 1 saturated heterocycles. The van der Waals surface area contributed by atoms with Crippen molar-refractivity contribution in [3.63, 3.8) is 0 Å². The first-order valence-electron chi connectivity index (χ1n) is 5.64. The minimum absolute atomic E-state index is 0.0726. The van der Waals surface area contributed by atoms with E-state index in [4.69, 9.17) is 17.3 Å². The molecule has 104 valence electrons. The molecule has 0 aliphatic carbocycles. The Labute approximate surface area is 116 Å². The highest BCUT2D eigenvalue weighted by Crippen LogP contribution is 2.27. The molecular formula is C11H14ClN3O3S. The van der Waals surface area contributed by atoms with Crippen molar-refractivity contribution in [2.75, 3.05) is 12.3 Å². The third-order valence-corrected chi connectivity index (χ3v) is 4.89. The maximum Gasteiger partial charge on any atom is 0.242 e. The SMILES string of the molecule is Cc1cc(Cl)c(S(=O)(=O)NC2CNC(=O)C2)cc1N. The van der Waals surface area contributed by atoms with Crippen molar-refractivity contribution >= 4 is 33.2 Å². The third-order valence-electron chi connectivity index (χ3n) is 2.91. The van der Waals surface area contributed by atoms with E-state index in [1.54, 1.807) is 6.92 Å². The Morgan fingerprint density at radius 2 is 2.16 bits per heavy atom. The van der Waals surface area contributed by atoms with Gasteiger partial charge >= 0.3 is 0 Å².